The van der Waals surface area contributed by atoms with Gasteiger partial charge in [0.2, 0.25) is 0 Å². The number of hydrogen-bond acceptors (Lipinski definition) is 4. The fraction of sp³-hybridized carbons (Fsp3) is 0.500. The molecule has 0 aromatic heterocycles. The standard InChI is InChI=1S/C16H23NO3/c1-4-19-7-5-6-17-11-14-10-16-13(8-12(2)20-16)9-15(14)18-3/h4,9-10,12,17H,1,5-8,11H2,2-3H3. The Morgan fingerprint density at radius 2 is 2.35 bits per heavy atom. The molecular formula is C16H23NO3. The molecule has 0 aliphatic carbocycles. The van der Waals surface area contributed by atoms with Gasteiger partial charge in [0.15, 0.2) is 0 Å². The molecule has 1 aliphatic heterocycles. The van der Waals surface area contributed by atoms with Crippen LogP contribution in [0.2, 0.25) is 0 Å². The maximum Gasteiger partial charge on any atom is 0.123 e. The fourth-order valence-corrected chi connectivity index (χ4v) is 2.40. The molecule has 0 saturated heterocycles. The minimum atomic E-state index is 0.258. The lowest BCUT2D eigenvalue weighted by Crippen LogP contribution is -2.16. The summed E-state index contributed by atoms with van der Waals surface area (Å²) in [6, 6.07) is 4.18. The summed E-state index contributed by atoms with van der Waals surface area (Å²) in [5.41, 5.74) is 2.36. The Hall–Kier alpha value is -1.68. The smallest absolute Gasteiger partial charge is 0.123 e. The van der Waals surface area contributed by atoms with Gasteiger partial charge >= 0.3 is 0 Å². The number of benzene rings is 1. The van der Waals surface area contributed by atoms with Crippen LogP contribution in [0.3, 0.4) is 0 Å². The molecule has 0 spiro atoms. The highest BCUT2D eigenvalue weighted by Gasteiger charge is 2.21. The van der Waals surface area contributed by atoms with Crippen molar-refractivity contribution in [1.82, 2.24) is 5.32 Å². The summed E-state index contributed by atoms with van der Waals surface area (Å²) >= 11 is 0. The predicted molar refractivity (Wildman–Crippen MR) is 79.3 cm³/mol. The van der Waals surface area contributed by atoms with E-state index in [1.54, 1.807) is 7.11 Å². The second kappa shape index (κ2) is 7.20. The molecule has 1 aromatic rings. The summed E-state index contributed by atoms with van der Waals surface area (Å²) in [6.07, 6.45) is 3.64. The summed E-state index contributed by atoms with van der Waals surface area (Å²) in [6.45, 7) is 7.96. The lowest BCUT2D eigenvalue weighted by atomic mass is 10.1. The van der Waals surface area contributed by atoms with E-state index in [-0.39, 0.29) is 6.10 Å². The Kier molecular flexibility index (Phi) is 5.30. The van der Waals surface area contributed by atoms with Gasteiger partial charge < -0.3 is 19.5 Å². The average Bonchev–Trinajstić information content (AvgIpc) is 2.80. The highest BCUT2D eigenvalue weighted by molar-refractivity contribution is 5.48. The molecule has 1 atom stereocenters. The van der Waals surface area contributed by atoms with Gasteiger partial charge in [-0.1, -0.05) is 6.58 Å². The summed E-state index contributed by atoms with van der Waals surface area (Å²) in [4.78, 5) is 0. The molecule has 0 fully saturated rings. The van der Waals surface area contributed by atoms with Crippen LogP contribution >= 0.6 is 0 Å². The first-order chi connectivity index (χ1) is 9.74. The second-order valence-electron chi connectivity index (χ2n) is 4.97. The zero-order valence-electron chi connectivity index (χ0n) is 12.3. The maximum absolute atomic E-state index is 5.79. The Morgan fingerprint density at radius 3 is 3.10 bits per heavy atom. The fourth-order valence-electron chi connectivity index (χ4n) is 2.40. The molecule has 0 radical (unpaired) electrons. The molecule has 0 saturated carbocycles. The third-order valence-corrected chi connectivity index (χ3v) is 3.35. The number of fused-ring (bicyclic) bond motifs is 1. The van der Waals surface area contributed by atoms with Crippen LogP contribution in [-0.4, -0.2) is 26.4 Å². The summed E-state index contributed by atoms with van der Waals surface area (Å²) < 4.78 is 16.3. The van der Waals surface area contributed by atoms with E-state index in [9.17, 15) is 0 Å². The van der Waals surface area contributed by atoms with Gasteiger partial charge in [0.05, 0.1) is 20.0 Å². The molecule has 20 heavy (non-hydrogen) atoms. The van der Waals surface area contributed by atoms with E-state index in [2.05, 4.69) is 31.0 Å². The van der Waals surface area contributed by atoms with Crippen LogP contribution in [0, 0.1) is 0 Å². The molecule has 4 nitrogen and oxygen atoms in total. The zero-order chi connectivity index (χ0) is 14.4. The Balaban J connectivity index is 1.90. The first-order valence-corrected chi connectivity index (χ1v) is 7.04. The van der Waals surface area contributed by atoms with Crippen molar-refractivity contribution >= 4 is 0 Å². The molecule has 4 heteroatoms. The van der Waals surface area contributed by atoms with E-state index in [1.807, 2.05) is 0 Å². The SMILES string of the molecule is C=COCCCNCc1cc2c(cc1OC)CC(C)O2. The summed E-state index contributed by atoms with van der Waals surface area (Å²) in [5, 5.41) is 3.39. The van der Waals surface area contributed by atoms with Gasteiger partial charge in [-0.3, -0.25) is 0 Å². The van der Waals surface area contributed by atoms with Crippen LogP contribution in [-0.2, 0) is 17.7 Å². The number of rotatable bonds is 8. The van der Waals surface area contributed by atoms with Crippen molar-refractivity contribution in [2.75, 3.05) is 20.3 Å². The van der Waals surface area contributed by atoms with Crippen molar-refractivity contribution in [3.63, 3.8) is 0 Å². The second-order valence-corrected chi connectivity index (χ2v) is 4.97. The van der Waals surface area contributed by atoms with Gasteiger partial charge in [-0.15, -0.1) is 0 Å². The van der Waals surface area contributed by atoms with Gasteiger partial charge in [0, 0.05) is 24.1 Å². The minimum absolute atomic E-state index is 0.258. The number of ether oxygens (including phenoxy) is 3. The largest absolute Gasteiger partial charge is 0.502 e. The van der Waals surface area contributed by atoms with Crippen molar-refractivity contribution in [3.8, 4) is 11.5 Å². The highest BCUT2D eigenvalue weighted by atomic mass is 16.5. The minimum Gasteiger partial charge on any atom is -0.502 e. The van der Waals surface area contributed by atoms with E-state index < -0.39 is 0 Å². The molecule has 1 heterocycles. The molecular weight excluding hydrogens is 254 g/mol. The normalized spacial score (nSPS) is 16.4. The predicted octanol–water partition coefficient (Wildman–Crippen LogP) is 2.66. The Morgan fingerprint density at radius 1 is 1.50 bits per heavy atom. The lowest BCUT2D eigenvalue weighted by molar-refractivity contribution is 0.244. The van der Waals surface area contributed by atoms with Crippen LogP contribution in [0.5, 0.6) is 11.5 Å². The van der Waals surface area contributed by atoms with Gasteiger partial charge in [-0.25, -0.2) is 0 Å². The van der Waals surface area contributed by atoms with E-state index in [1.165, 1.54) is 11.8 Å². The van der Waals surface area contributed by atoms with Crippen LogP contribution in [0.1, 0.15) is 24.5 Å². The van der Waals surface area contributed by atoms with Gasteiger partial charge in [-0.05, 0) is 32.0 Å². The van der Waals surface area contributed by atoms with Gasteiger partial charge in [0.25, 0.3) is 0 Å². The van der Waals surface area contributed by atoms with Crippen LogP contribution in [0.15, 0.2) is 25.0 Å². The quantitative estimate of drug-likeness (QED) is 0.586. The number of nitrogens with one attached hydrogen (secondary N) is 1. The molecule has 1 aliphatic rings. The molecule has 1 aromatic carbocycles. The lowest BCUT2D eigenvalue weighted by Gasteiger charge is -2.12. The average molecular weight is 277 g/mol. The molecule has 0 bridgehead atoms. The first kappa shape index (κ1) is 14.7. The van der Waals surface area contributed by atoms with Crippen molar-refractivity contribution in [2.45, 2.75) is 32.4 Å². The van der Waals surface area contributed by atoms with Crippen molar-refractivity contribution in [3.05, 3.63) is 36.1 Å². The van der Waals surface area contributed by atoms with E-state index >= 15 is 0 Å². The Bertz CT molecular complexity index is 459. The van der Waals surface area contributed by atoms with E-state index in [4.69, 9.17) is 14.2 Å². The molecule has 0 amide bonds. The summed E-state index contributed by atoms with van der Waals surface area (Å²) in [5.74, 6) is 1.92. The summed E-state index contributed by atoms with van der Waals surface area (Å²) in [7, 11) is 1.71. The Labute approximate surface area is 120 Å². The monoisotopic (exact) mass is 277 g/mol. The van der Waals surface area contributed by atoms with Crippen LogP contribution in [0.4, 0.5) is 0 Å². The first-order valence-electron chi connectivity index (χ1n) is 7.04. The van der Waals surface area contributed by atoms with Gasteiger partial charge in [0.1, 0.15) is 17.6 Å². The molecule has 1 N–H and O–H groups in total. The topological polar surface area (TPSA) is 39.7 Å². The van der Waals surface area contributed by atoms with Crippen molar-refractivity contribution in [1.29, 1.82) is 0 Å². The van der Waals surface area contributed by atoms with E-state index in [0.717, 1.165) is 43.0 Å². The zero-order valence-corrected chi connectivity index (χ0v) is 12.3. The van der Waals surface area contributed by atoms with Gasteiger partial charge in [-0.2, -0.15) is 0 Å². The highest BCUT2D eigenvalue weighted by Crippen LogP contribution is 2.34. The van der Waals surface area contributed by atoms with Crippen molar-refractivity contribution in [2.24, 2.45) is 0 Å². The van der Waals surface area contributed by atoms with Crippen LogP contribution < -0.4 is 14.8 Å². The molecule has 110 valence electrons. The molecule has 1 unspecified atom stereocenters. The maximum atomic E-state index is 5.79. The van der Waals surface area contributed by atoms with Crippen molar-refractivity contribution < 1.29 is 14.2 Å². The third-order valence-electron chi connectivity index (χ3n) is 3.35. The van der Waals surface area contributed by atoms with Crippen LogP contribution in [0.25, 0.3) is 0 Å². The number of methoxy groups -OCH3 is 1. The molecule has 2 rings (SSSR count). The third kappa shape index (κ3) is 3.67. The number of hydrogen-bond donors (Lipinski definition) is 1. The van der Waals surface area contributed by atoms with E-state index in [0.29, 0.717) is 6.61 Å².